The Morgan fingerprint density at radius 1 is 0.333 bits per heavy atom. The normalized spacial score (nSPS) is 10.7. The number of nitrogens with zero attached hydrogens (tertiary/aromatic N) is 6. The monoisotopic (exact) mass is 893 g/mol. The summed E-state index contributed by atoms with van der Waals surface area (Å²) in [6.07, 6.45) is 0. The van der Waals surface area contributed by atoms with E-state index in [-0.39, 0.29) is 10.9 Å². The van der Waals surface area contributed by atoms with Crippen LogP contribution in [0.25, 0.3) is 45.3 Å². The van der Waals surface area contributed by atoms with Gasteiger partial charge in [0.05, 0.1) is 0 Å². The molecule has 0 spiro atoms. The number of hydrogen-bond donors (Lipinski definition) is 0. The van der Waals surface area contributed by atoms with Crippen molar-refractivity contribution in [3.8, 4) is 69.2 Å². The van der Waals surface area contributed by atoms with Crippen molar-refractivity contribution in [2.24, 2.45) is 0 Å². The Bertz CT molecular complexity index is 2400. The second-order valence-electron chi connectivity index (χ2n) is 15.8. The molecular weight excluding hydrogens is 821 g/mol. The van der Waals surface area contributed by atoms with Crippen LogP contribution in [-0.2, 0) is 0 Å². The van der Waals surface area contributed by atoms with Gasteiger partial charge in [-0.25, -0.2) is 0 Å². The summed E-state index contributed by atoms with van der Waals surface area (Å²) in [5.41, 5.74) is 6.79. The topological polar surface area (TPSA) is 79.9 Å². The summed E-state index contributed by atoms with van der Waals surface area (Å²) in [5, 5.41) is 0. The van der Waals surface area contributed by atoms with Gasteiger partial charge in [-0.05, 0) is 143 Å². The van der Waals surface area contributed by atoms with Crippen molar-refractivity contribution in [1.29, 1.82) is 0 Å². The first-order valence-corrected chi connectivity index (χ1v) is 24.3. The van der Waals surface area contributed by atoms with Crippen molar-refractivity contribution in [3.63, 3.8) is 0 Å². The minimum atomic E-state index is -0.0790. The molecule has 5 rings (SSSR count). The maximum Gasteiger partial charge on any atom is 0.232 e. The molecule has 0 saturated heterocycles. The number of benzene rings is 3. The van der Waals surface area contributed by atoms with Crippen LogP contribution < -0.4 is 30.5 Å². The summed E-state index contributed by atoms with van der Waals surface area (Å²) in [5.74, 6) is 8.56. The van der Waals surface area contributed by atoms with Gasteiger partial charge in [0.2, 0.25) is 10.9 Å². The second kappa shape index (κ2) is 24.1. The van der Waals surface area contributed by atoms with Crippen LogP contribution in [0.15, 0.2) is 91.2 Å². The van der Waals surface area contributed by atoms with Crippen LogP contribution in [0.2, 0.25) is 0 Å². The smallest absolute Gasteiger partial charge is 0.232 e. The van der Waals surface area contributed by atoms with Crippen LogP contribution >= 0.6 is 0 Å². The maximum atomic E-state index is 15.1. The van der Waals surface area contributed by atoms with E-state index in [0.717, 1.165) is 59.6 Å². The summed E-state index contributed by atoms with van der Waals surface area (Å²) in [6.45, 7) is 33.3. The average Bonchev–Trinajstić information content (AvgIpc) is 3.35. The highest BCUT2D eigenvalue weighted by atomic mass is 16.3. The van der Waals surface area contributed by atoms with Gasteiger partial charge in [0.15, 0.2) is 23.0 Å². The average molecular weight is 893 g/mol. The van der Waals surface area contributed by atoms with Crippen LogP contribution in [0.5, 0.6) is 0 Å². The van der Waals surface area contributed by atoms with E-state index in [1.54, 1.807) is 0 Å². The van der Waals surface area contributed by atoms with Gasteiger partial charge in [-0.1, -0.05) is 24.3 Å². The summed E-state index contributed by atoms with van der Waals surface area (Å²) in [7, 11) is 0. The SMILES string of the molecule is CCN(C#Cc1ccc(-c2oc(-c3ccc(-c4oc(-c5ccc(C#CN(CC)CC)cc5)c(N(CC)CC)c(=O)c4N(CC)CC)cc3)c(N(CC)CC)c(=O)c2N(CC)CC)cc1)CC. The van der Waals surface area contributed by atoms with Crippen molar-refractivity contribution in [1.82, 2.24) is 9.80 Å². The molecule has 0 bridgehead atoms. The van der Waals surface area contributed by atoms with Gasteiger partial charge in [0, 0.05) is 124 Å². The summed E-state index contributed by atoms with van der Waals surface area (Å²) < 4.78 is 14.1. The first-order valence-electron chi connectivity index (χ1n) is 24.3. The highest BCUT2D eigenvalue weighted by Gasteiger charge is 2.29. The van der Waals surface area contributed by atoms with E-state index in [2.05, 4.69) is 136 Å². The third-order valence-electron chi connectivity index (χ3n) is 12.4. The van der Waals surface area contributed by atoms with Gasteiger partial charge in [-0.3, -0.25) is 9.59 Å². The van der Waals surface area contributed by atoms with Gasteiger partial charge in [-0.2, -0.15) is 0 Å². The third-order valence-corrected chi connectivity index (χ3v) is 12.4. The lowest BCUT2D eigenvalue weighted by molar-refractivity contribution is 0.444. The van der Waals surface area contributed by atoms with Crippen LogP contribution in [0.1, 0.15) is 94.2 Å². The van der Waals surface area contributed by atoms with Crippen LogP contribution in [0.4, 0.5) is 22.7 Å². The molecule has 5 aromatic rings. The minimum absolute atomic E-state index is 0.0790. The predicted octanol–water partition coefficient (Wildman–Crippen LogP) is 10.9. The fourth-order valence-electron chi connectivity index (χ4n) is 8.36. The summed E-state index contributed by atoms with van der Waals surface area (Å²) in [6, 6.07) is 30.3. The third kappa shape index (κ3) is 10.9. The quantitative estimate of drug-likeness (QED) is 0.0557. The van der Waals surface area contributed by atoms with Gasteiger partial charge in [-0.15, -0.1) is 0 Å². The molecule has 0 unspecified atom stereocenters. The Hall–Kier alpha value is -6.52. The Morgan fingerprint density at radius 3 is 0.742 bits per heavy atom. The summed E-state index contributed by atoms with van der Waals surface area (Å²) >= 11 is 0. The summed E-state index contributed by atoms with van der Waals surface area (Å²) in [4.78, 5) is 42.6. The van der Waals surface area contributed by atoms with Crippen LogP contribution in [0, 0.1) is 23.9 Å². The Balaban J connectivity index is 1.76. The molecule has 0 N–H and O–H groups in total. The molecule has 2 heterocycles. The zero-order valence-electron chi connectivity index (χ0n) is 41.7. The molecule has 0 aliphatic heterocycles. The van der Waals surface area contributed by atoms with Crippen LogP contribution in [0.3, 0.4) is 0 Å². The number of hydrogen-bond acceptors (Lipinski definition) is 10. The molecule has 66 heavy (non-hydrogen) atoms. The standard InChI is InChI=1S/C56H72N6O4/c1-13-57(14-2)39-37-41-25-29-43(30-26-41)53-47(59(17-5)18-6)51(63)49(61(21-9)22-10)55(65-53)45-33-35-46(36-34-45)56-50(62(23-11)24-12)52(64)48(60(19-7)20-8)54(66-56)44-31-27-42(28-32-44)38-40-58(15-3)16-4/h25-36H,13-24H2,1-12H3. The fourth-order valence-corrected chi connectivity index (χ4v) is 8.36. The number of anilines is 4. The first-order chi connectivity index (χ1) is 32.0. The molecule has 0 amide bonds. The molecule has 0 radical (unpaired) electrons. The lowest BCUT2D eigenvalue weighted by Gasteiger charge is -2.29. The van der Waals surface area contributed by atoms with Gasteiger partial charge in [0.1, 0.15) is 22.7 Å². The van der Waals surface area contributed by atoms with E-state index >= 15 is 9.59 Å². The Labute approximate surface area is 394 Å². The van der Waals surface area contributed by atoms with E-state index in [9.17, 15) is 0 Å². The maximum absolute atomic E-state index is 15.1. The zero-order valence-corrected chi connectivity index (χ0v) is 41.7. The molecule has 350 valence electrons. The predicted molar refractivity (Wildman–Crippen MR) is 279 cm³/mol. The molecule has 0 aliphatic carbocycles. The van der Waals surface area contributed by atoms with Crippen molar-refractivity contribution in [2.75, 3.05) is 98.1 Å². The van der Waals surface area contributed by atoms with E-state index in [4.69, 9.17) is 8.83 Å². The van der Waals surface area contributed by atoms with E-state index < -0.39 is 0 Å². The lowest BCUT2D eigenvalue weighted by atomic mass is 10.0. The van der Waals surface area contributed by atoms with Gasteiger partial charge >= 0.3 is 0 Å². The van der Waals surface area contributed by atoms with Crippen molar-refractivity contribution in [2.45, 2.75) is 83.1 Å². The zero-order chi connectivity index (χ0) is 47.9. The van der Waals surface area contributed by atoms with Crippen molar-refractivity contribution < 1.29 is 8.83 Å². The molecule has 10 nitrogen and oxygen atoms in total. The molecule has 3 aromatic carbocycles. The molecule has 0 aliphatic rings. The number of rotatable bonds is 20. The first kappa shape index (κ1) is 50.5. The highest BCUT2D eigenvalue weighted by Crippen LogP contribution is 2.41. The fraction of sp³-hybridized carbons (Fsp3) is 0.429. The van der Waals surface area contributed by atoms with Crippen LogP contribution in [-0.4, -0.2) is 88.3 Å². The molecular formula is C56H72N6O4. The van der Waals surface area contributed by atoms with E-state index in [0.29, 0.717) is 98.1 Å². The van der Waals surface area contributed by atoms with Gasteiger partial charge < -0.3 is 38.2 Å². The molecule has 10 heteroatoms. The van der Waals surface area contributed by atoms with E-state index in [1.807, 2.05) is 72.8 Å². The molecule has 0 atom stereocenters. The molecule has 2 aromatic heterocycles. The lowest BCUT2D eigenvalue weighted by Crippen LogP contribution is -2.34. The van der Waals surface area contributed by atoms with Crippen molar-refractivity contribution >= 4 is 22.7 Å². The highest BCUT2D eigenvalue weighted by molar-refractivity contribution is 5.87. The van der Waals surface area contributed by atoms with Gasteiger partial charge in [0.25, 0.3) is 0 Å². The van der Waals surface area contributed by atoms with E-state index in [1.165, 1.54) is 0 Å². The van der Waals surface area contributed by atoms with Crippen molar-refractivity contribution in [3.05, 3.63) is 104 Å². The molecule has 0 saturated carbocycles. The Kier molecular flexibility index (Phi) is 18.5. The Morgan fingerprint density at radius 2 is 0.545 bits per heavy atom. The largest absolute Gasteiger partial charge is 0.451 e. The molecule has 0 fully saturated rings. The second-order valence-corrected chi connectivity index (χ2v) is 15.8. The minimum Gasteiger partial charge on any atom is -0.451 e.